The van der Waals surface area contributed by atoms with Gasteiger partial charge in [-0.1, -0.05) is 6.92 Å². The van der Waals surface area contributed by atoms with Gasteiger partial charge in [0.15, 0.2) is 0 Å². The second kappa shape index (κ2) is 6.36. The Morgan fingerprint density at radius 1 is 1.33 bits per heavy atom. The Morgan fingerprint density at radius 3 is 2.71 bits per heavy atom. The van der Waals surface area contributed by atoms with Crippen molar-refractivity contribution < 1.29 is 9.18 Å². The van der Waals surface area contributed by atoms with Crippen LogP contribution in [0.1, 0.15) is 29.3 Å². The molecule has 0 atom stereocenters. The maximum Gasteiger partial charge on any atom is 0.328 e. The summed E-state index contributed by atoms with van der Waals surface area (Å²) >= 11 is 0. The van der Waals surface area contributed by atoms with Crippen LogP contribution >= 0.6 is 0 Å². The van der Waals surface area contributed by atoms with Crippen molar-refractivity contribution in [1.29, 1.82) is 0 Å². The van der Waals surface area contributed by atoms with E-state index in [-0.39, 0.29) is 23.4 Å². The number of nitrogens with two attached hydrogens (primary N) is 1. The third-order valence-corrected chi connectivity index (χ3v) is 3.16. The van der Waals surface area contributed by atoms with Crippen LogP contribution < -0.4 is 17.0 Å². The number of amides is 1. The van der Waals surface area contributed by atoms with Gasteiger partial charge in [0.25, 0.3) is 5.91 Å². The lowest BCUT2D eigenvalue weighted by molar-refractivity contribution is 0.0953. The van der Waals surface area contributed by atoms with Crippen LogP contribution in [0.3, 0.4) is 0 Å². The molecule has 6 nitrogen and oxygen atoms in total. The van der Waals surface area contributed by atoms with Crippen molar-refractivity contribution in [3.05, 3.63) is 58.0 Å². The summed E-state index contributed by atoms with van der Waals surface area (Å²) in [5, 5.41) is 0. The number of rotatable bonds is 5. The summed E-state index contributed by atoms with van der Waals surface area (Å²) in [5.41, 5.74) is 2.29. The normalized spacial score (nSPS) is 10.6. The Kier molecular flexibility index (Phi) is 4.54. The largest absolute Gasteiger partial charge is 0.328 e. The van der Waals surface area contributed by atoms with E-state index in [0.29, 0.717) is 6.54 Å². The van der Waals surface area contributed by atoms with Crippen LogP contribution in [0, 0.1) is 5.82 Å². The molecule has 0 saturated heterocycles. The molecule has 112 valence electrons. The molecule has 0 bridgehead atoms. The van der Waals surface area contributed by atoms with Crippen molar-refractivity contribution >= 4 is 5.91 Å². The molecule has 1 heterocycles. The molecule has 0 unspecified atom stereocenters. The number of benzene rings is 1. The van der Waals surface area contributed by atoms with Gasteiger partial charge in [0.2, 0.25) is 0 Å². The highest BCUT2D eigenvalue weighted by atomic mass is 19.1. The second-order valence-corrected chi connectivity index (χ2v) is 4.68. The molecule has 0 fully saturated rings. The Morgan fingerprint density at radius 2 is 2.05 bits per heavy atom. The van der Waals surface area contributed by atoms with Crippen molar-refractivity contribution in [2.75, 3.05) is 0 Å². The predicted octanol–water partition coefficient (Wildman–Crippen LogP) is 0.851. The number of nitrogens with one attached hydrogen (secondary N) is 1. The van der Waals surface area contributed by atoms with Gasteiger partial charge < -0.3 is 0 Å². The smallest absolute Gasteiger partial charge is 0.299 e. The SMILES string of the molecule is CCCn1ccn(Cc2cc(C(=O)NN)ccc2F)c1=O. The Hall–Kier alpha value is -2.41. The van der Waals surface area contributed by atoms with Gasteiger partial charge in [-0.2, -0.15) is 0 Å². The van der Waals surface area contributed by atoms with E-state index in [2.05, 4.69) is 0 Å². The highest BCUT2D eigenvalue weighted by Gasteiger charge is 2.11. The number of imidazole rings is 1. The summed E-state index contributed by atoms with van der Waals surface area (Å²) in [6, 6.07) is 3.92. The molecule has 3 N–H and O–H groups in total. The molecular weight excluding hydrogens is 275 g/mol. The number of nitrogen functional groups attached to an aromatic ring is 1. The highest BCUT2D eigenvalue weighted by Crippen LogP contribution is 2.12. The van der Waals surface area contributed by atoms with Crippen molar-refractivity contribution in [1.82, 2.24) is 14.6 Å². The Balaban J connectivity index is 2.31. The fourth-order valence-electron chi connectivity index (χ4n) is 2.09. The molecule has 2 aromatic rings. The summed E-state index contributed by atoms with van der Waals surface area (Å²) in [5.74, 6) is 4.07. The molecule has 0 aliphatic heterocycles. The molecule has 2 rings (SSSR count). The fraction of sp³-hybridized carbons (Fsp3) is 0.286. The standard InChI is InChI=1S/C14H17FN4O2/c1-2-5-18-6-7-19(14(18)21)9-11-8-10(13(20)17-16)3-4-12(11)15/h3-4,6-8H,2,5,9,16H2,1H3,(H,17,20). The van der Waals surface area contributed by atoms with Gasteiger partial charge in [-0.05, 0) is 24.6 Å². The number of aryl methyl sites for hydroxylation is 1. The van der Waals surface area contributed by atoms with Gasteiger partial charge >= 0.3 is 5.69 Å². The number of hydrogen-bond donors (Lipinski definition) is 2. The summed E-state index contributed by atoms with van der Waals surface area (Å²) in [6.07, 6.45) is 4.11. The molecule has 0 aliphatic carbocycles. The molecule has 1 aromatic heterocycles. The number of aromatic nitrogens is 2. The summed E-state index contributed by atoms with van der Waals surface area (Å²) in [6.45, 7) is 2.65. The number of halogens is 1. The van der Waals surface area contributed by atoms with Crippen LogP contribution in [0.4, 0.5) is 4.39 Å². The van der Waals surface area contributed by atoms with Crippen LogP contribution in [0.2, 0.25) is 0 Å². The van der Waals surface area contributed by atoms with E-state index in [1.165, 1.54) is 22.8 Å². The maximum atomic E-state index is 13.8. The molecule has 0 radical (unpaired) electrons. The third kappa shape index (κ3) is 3.19. The van der Waals surface area contributed by atoms with Gasteiger partial charge in [-0.25, -0.2) is 15.0 Å². The number of hydrogen-bond acceptors (Lipinski definition) is 3. The lowest BCUT2D eigenvalue weighted by Crippen LogP contribution is -2.30. The van der Waals surface area contributed by atoms with Crippen molar-refractivity contribution in [3.8, 4) is 0 Å². The first-order valence-electron chi connectivity index (χ1n) is 6.61. The van der Waals surface area contributed by atoms with Crippen LogP contribution in [-0.4, -0.2) is 15.0 Å². The quantitative estimate of drug-likeness (QED) is 0.487. The predicted molar refractivity (Wildman–Crippen MR) is 76.1 cm³/mol. The van der Waals surface area contributed by atoms with Crippen LogP contribution in [0.15, 0.2) is 35.4 Å². The summed E-state index contributed by atoms with van der Waals surface area (Å²) in [7, 11) is 0. The van der Waals surface area contributed by atoms with Gasteiger partial charge in [-0.15, -0.1) is 0 Å². The van der Waals surface area contributed by atoms with Gasteiger partial charge in [0.05, 0.1) is 6.54 Å². The van der Waals surface area contributed by atoms with E-state index < -0.39 is 11.7 Å². The van der Waals surface area contributed by atoms with E-state index in [9.17, 15) is 14.0 Å². The first kappa shape index (κ1) is 15.0. The Labute approximate surface area is 121 Å². The third-order valence-electron chi connectivity index (χ3n) is 3.16. The molecule has 21 heavy (non-hydrogen) atoms. The van der Waals surface area contributed by atoms with E-state index in [4.69, 9.17) is 5.84 Å². The van der Waals surface area contributed by atoms with Crippen LogP contribution in [-0.2, 0) is 13.1 Å². The van der Waals surface area contributed by atoms with Crippen LogP contribution in [0.25, 0.3) is 0 Å². The average molecular weight is 292 g/mol. The Bertz CT molecular complexity index is 705. The van der Waals surface area contributed by atoms with Gasteiger partial charge in [0.1, 0.15) is 5.82 Å². The molecule has 0 aliphatic rings. The molecule has 1 amide bonds. The number of carbonyl (C=O) groups excluding carboxylic acids is 1. The zero-order chi connectivity index (χ0) is 15.4. The number of hydrazine groups is 1. The van der Waals surface area contributed by atoms with Crippen molar-refractivity contribution in [2.45, 2.75) is 26.4 Å². The highest BCUT2D eigenvalue weighted by molar-refractivity contribution is 5.93. The van der Waals surface area contributed by atoms with Gasteiger partial charge in [-0.3, -0.25) is 19.4 Å². The molecule has 7 heteroatoms. The zero-order valence-corrected chi connectivity index (χ0v) is 11.7. The molecular formula is C14H17FN4O2. The summed E-state index contributed by atoms with van der Waals surface area (Å²) in [4.78, 5) is 23.5. The minimum atomic E-state index is -0.507. The fourth-order valence-corrected chi connectivity index (χ4v) is 2.09. The lowest BCUT2D eigenvalue weighted by Gasteiger charge is -2.07. The first-order valence-corrected chi connectivity index (χ1v) is 6.61. The topological polar surface area (TPSA) is 82.1 Å². The number of carbonyl (C=O) groups is 1. The maximum absolute atomic E-state index is 13.8. The minimum absolute atomic E-state index is 0.0626. The number of nitrogens with zero attached hydrogens (tertiary/aromatic N) is 2. The van der Waals surface area contributed by atoms with E-state index >= 15 is 0 Å². The first-order chi connectivity index (χ1) is 10.1. The van der Waals surface area contributed by atoms with Crippen molar-refractivity contribution in [2.24, 2.45) is 5.84 Å². The second-order valence-electron chi connectivity index (χ2n) is 4.68. The summed E-state index contributed by atoms with van der Waals surface area (Å²) < 4.78 is 16.8. The van der Waals surface area contributed by atoms with E-state index in [1.54, 1.807) is 17.0 Å². The zero-order valence-electron chi connectivity index (χ0n) is 11.7. The van der Waals surface area contributed by atoms with E-state index in [1.807, 2.05) is 12.3 Å². The van der Waals surface area contributed by atoms with Crippen molar-refractivity contribution in [3.63, 3.8) is 0 Å². The molecule has 1 aromatic carbocycles. The average Bonchev–Trinajstić information content (AvgIpc) is 2.82. The monoisotopic (exact) mass is 292 g/mol. The lowest BCUT2D eigenvalue weighted by atomic mass is 10.1. The molecule has 0 spiro atoms. The minimum Gasteiger partial charge on any atom is -0.299 e. The molecule has 0 saturated carbocycles. The van der Waals surface area contributed by atoms with Crippen LogP contribution in [0.5, 0.6) is 0 Å². The van der Waals surface area contributed by atoms with Gasteiger partial charge in [0, 0.05) is 30.1 Å². The van der Waals surface area contributed by atoms with E-state index in [0.717, 1.165) is 6.42 Å².